The molecule has 0 aliphatic rings. The van der Waals surface area contributed by atoms with Crippen LogP contribution < -0.4 is 5.11 Å². The summed E-state index contributed by atoms with van der Waals surface area (Å²) in [5.41, 5.74) is 0. The Morgan fingerprint density at radius 1 is 1.00 bits per heavy atom. The Kier molecular flexibility index (Phi) is 4.65. The summed E-state index contributed by atoms with van der Waals surface area (Å²) in [6, 6.07) is 0. The number of nitrogens with zero attached hydrogens (tertiary/aromatic N) is 1. The standard InChI is InChI=1S/C8H19NO/c1-4-9(5-2,6-3)7-8-10/h4-8H2,1-3H3. The first kappa shape index (κ1) is 9.92. The molecule has 0 saturated carbocycles. The van der Waals surface area contributed by atoms with Crippen molar-refractivity contribution in [2.24, 2.45) is 0 Å². The van der Waals surface area contributed by atoms with Crippen molar-refractivity contribution < 1.29 is 9.59 Å². The van der Waals surface area contributed by atoms with Crippen molar-refractivity contribution in [1.29, 1.82) is 0 Å². The van der Waals surface area contributed by atoms with Gasteiger partial charge in [-0.1, -0.05) is 6.61 Å². The van der Waals surface area contributed by atoms with Crippen LogP contribution >= 0.6 is 0 Å². The summed E-state index contributed by atoms with van der Waals surface area (Å²) < 4.78 is 0.990. The molecule has 0 aliphatic heterocycles. The molecule has 62 valence electrons. The zero-order chi connectivity index (χ0) is 8.04. The number of hydrogen-bond donors (Lipinski definition) is 0. The highest BCUT2D eigenvalue weighted by Crippen LogP contribution is 2.03. The SMILES string of the molecule is CC[N+](CC)(CC)CC[O-]. The molecule has 0 aromatic rings. The lowest BCUT2D eigenvalue weighted by Gasteiger charge is -2.36. The first-order chi connectivity index (χ1) is 4.74. The van der Waals surface area contributed by atoms with Gasteiger partial charge in [0.2, 0.25) is 0 Å². The van der Waals surface area contributed by atoms with E-state index in [1.54, 1.807) is 0 Å². The summed E-state index contributed by atoms with van der Waals surface area (Å²) >= 11 is 0. The first-order valence-electron chi connectivity index (χ1n) is 4.17. The predicted octanol–water partition coefficient (Wildman–Crippen LogP) is 0.223. The minimum atomic E-state index is 0.0650. The van der Waals surface area contributed by atoms with Crippen LogP contribution in [0.4, 0.5) is 0 Å². The van der Waals surface area contributed by atoms with Gasteiger partial charge in [0.1, 0.15) is 0 Å². The van der Waals surface area contributed by atoms with Crippen LogP contribution in [0.2, 0.25) is 0 Å². The highest BCUT2D eigenvalue weighted by Gasteiger charge is 2.16. The largest absolute Gasteiger partial charge is 0.850 e. The molecule has 0 bridgehead atoms. The Labute approximate surface area is 64.1 Å². The molecule has 0 amide bonds. The van der Waals surface area contributed by atoms with Crippen molar-refractivity contribution in [2.75, 3.05) is 32.8 Å². The summed E-state index contributed by atoms with van der Waals surface area (Å²) in [6.45, 7) is 10.6. The topological polar surface area (TPSA) is 23.1 Å². The molecule has 10 heavy (non-hydrogen) atoms. The highest BCUT2D eigenvalue weighted by atomic mass is 16.3. The van der Waals surface area contributed by atoms with Crippen LogP contribution in [0.15, 0.2) is 0 Å². The maximum absolute atomic E-state index is 10.4. The number of likely N-dealkylation sites (N-methyl/N-ethyl adjacent to an activating group) is 1. The van der Waals surface area contributed by atoms with Gasteiger partial charge >= 0.3 is 0 Å². The molecular weight excluding hydrogens is 126 g/mol. The van der Waals surface area contributed by atoms with E-state index in [1.165, 1.54) is 0 Å². The Balaban J connectivity index is 3.87. The lowest BCUT2D eigenvalue weighted by Crippen LogP contribution is -2.50. The van der Waals surface area contributed by atoms with E-state index in [-0.39, 0.29) is 6.61 Å². The molecule has 0 rings (SSSR count). The van der Waals surface area contributed by atoms with Crippen molar-refractivity contribution in [3.05, 3.63) is 0 Å². The van der Waals surface area contributed by atoms with Crippen LogP contribution in [-0.2, 0) is 0 Å². The third kappa shape index (κ3) is 2.27. The third-order valence-electron chi connectivity index (χ3n) is 2.58. The third-order valence-corrected chi connectivity index (χ3v) is 2.58. The molecule has 0 aliphatic carbocycles. The molecule has 0 aromatic carbocycles. The van der Waals surface area contributed by atoms with Crippen molar-refractivity contribution in [3.8, 4) is 0 Å². The fraction of sp³-hybridized carbons (Fsp3) is 1.00. The van der Waals surface area contributed by atoms with Gasteiger partial charge in [0.25, 0.3) is 0 Å². The van der Waals surface area contributed by atoms with Crippen molar-refractivity contribution in [3.63, 3.8) is 0 Å². The smallest absolute Gasteiger partial charge is 0.0757 e. The van der Waals surface area contributed by atoms with Gasteiger partial charge in [-0.2, -0.15) is 0 Å². The Bertz CT molecular complexity index is 71.1. The summed E-state index contributed by atoms with van der Waals surface area (Å²) in [5, 5.41) is 10.4. The molecule has 0 atom stereocenters. The molecule has 0 radical (unpaired) electrons. The van der Waals surface area contributed by atoms with Crippen LogP contribution in [0.5, 0.6) is 0 Å². The normalized spacial score (nSPS) is 12.0. The van der Waals surface area contributed by atoms with E-state index in [1.807, 2.05) is 0 Å². The van der Waals surface area contributed by atoms with E-state index in [0.717, 1.165) is 30.7 Å². The van der Waals surface area contributed by atoms with Gasteiger partial charge in [0.15, 0.2) is 0 Å². The van der Waals surface area contributed by atoms with Crippen molar-refractivity contribution >= 4 is 0 Å². The lowest BCUT2D eigenvalue weighted by molar-refractivity contribution is -0.927. The Morgan fingerprint density at radius 3 is 1.50 bits per heavy atom. The van der Waals surface area contributed by atoms with Crippen molar-refractivity contribution in [1.82, 2.24) is 0 Å². The molecule has 2 heteroatoms. The fourth-order valence-electron chi connectivity index (χ4n) is 1.34. The summed E-state index contributed by atoms with van der Waals surface area (Å²) in [6.07, 6.45) is 0. The quantitative estimate of drug-likeness (QED) is 0.508. The molecule has 0 N–H and O–H groups in total. The summed E-state index contributed by atoms with van der Waals surface area (Å²) in [5.74, 6) is 0. The second-order valence-electron chi connectivity index (χ2n) is 2.72. The lowest BCUT2D eigenvalue weighted by atomic mass is 10.3. The number of rotatable bonds is 5. The minimum Gasteiger partial charge on any atom is -0.850 e. The second kappa shape index (κ2) is 4.69. The van der Waals surface area contributed by atoms with E-state index in [0.29, 0.717) is 0 Å². The molecule has 0 heterocycles. The van der Waals surface area contributed by atoms with Gasteiger partial charge in [-0.15, -0.1) is 0 Å². The second-order valence-corrected chi connectivity index (χ2v) is 2.72. The molecular formula is C8H19NO. The molecule has 0 fully saturated rings. The fourth-order valence-corrected chi connectivity index (χ4v) is 1.34. The first-order valence-corrected chi connectivity index (χ1v) is 4.17. The summed E-state index contributed by atoms with van der Waals surface area (Å²) in [4.78, 5) is 0. The van der Waals surface area contributed by atoms with Crippen LogP contribution in [0.25, 0.3) is 0 Å². The van der Waals surface area contributed by atoms with Gasteiger partial charge in [-0.05, 0) is 20.8 Å². The minimum absolute atomic E-state index is 0.0650. The van der Waals surface area contributed by atoms with Crippen LogP contribution in [0.3, 0.4) is 0 Å². The van der Waals surface area contributed by atoms with Gasteiger partial charge in [-0.25, -0.2) is 0 Å². The van der Waals surface area contributed by atoms with Gasteiger partial charge in [0, 0.05) is 0 Å². The maximum Gasteiger partial charge on any atom is 0.0757 e. The molecule has 2 nitrogen and oxygen atoms in total. The van der Waals surface area contributed by atoms with Crippen molar-refractivity contribution in [2.45, 2.75) is 20.8 Å². The van der Waals surface area contributed by atoms with Crippen LogP contribution in [0, 0.1) is 0 Å². The average molecular weight is 145 g/mol. The average Bonchev–Trinajstić information content (AvgIpc) is 2.01. The zero-order valence-corrected chi connectivity index (χ0v) is 7.39. The monoisotopic (exact) mass is 145 g/mol. The number of quaternary nitrogens is 1. The zero-order valence-electron chi connectivity index (χ0n) is 7.39. The van der Waals surface area contributed by atoms with E-state index in [4.69, 9.17) is 0 Å². The van der Waals surface area contributed by atoms with E-state index in [2.05, 4.69) is 20.8 Å². The van der Waals surface area contributed by atoms with E-state index < -0.39 is 0 Å². The molecule has 0 unspecified atom stereocenters. The van der Waals surface area contributed by atoms with Gasteiger partial charge in [0.05, 0.1) is 26.2 Å². The molecule has 0 spiro atoms. The maximum atomic E-state index is 10.4. The predicted molar refractivity (Wildman–Crippen MR) is 41.6 cm³/mol. The number of hydrogen-bond acceptors (Lipinski definition) is 1. The summed E-state index contributed by atoms with van der Waals surface area (Å²) in [7, 11) is 0. The van der Waals surface area contributed by atoms with E-state index >= 15 is 0 Å². The van der Waals surface area contributed by atoms with Crippen LogP contribution in [0.1, 0.15) is 20.8 Å². The Morgan fingerprint density at radius 2 is 1.40 bits per heavy atom. The molecule has 0 saturated heterocycles. The van der Waals surface area contributed by atoms with Gasteiger partial charge < -0.3 is 9.59 Å². The molecule has 0 aromatic heterocycles. The Hall–Kier alpha value is -0.0800. The highest BCUT2D eigenvalue weighted by molar-refractivity contribution is 4.34. The van der Waals surface area contributed by atoms with E-state index in [9.17, 15) is 5.11 Å². The van der Waals surface area contributed by atoms with Crippen LogP contribution in [-0.4, -0.2) is 37.3 Å². The van der Waals surface area contributed by atoms with Gasteiger partial charge in [-0.3, -0.25) is 0 Å².